The van der Waals surface area contributed by atoms with Gasteiger partial charge in [-0.05, 0) is 94.0 Å². The summed E-state index contributed by atoms with van der Waals surface area (Å²) >= 11 is 0. The number of esters is 1. The zero-order valence-corrected chi connectivity index (χ0v) is 23.3. The minimum atomic E-state index is -1.11. The Morgan fingerprint density at radius 2 is 1.85 bits per heavy atom. The largest absolute Gasteiger partial charge is 0.458 e. The average molecular weight is 549 g/mol. The van der Waals surface area contributed by atoms with Crippen molar-refractivity contribution in [1.82, 2.24) is 0 Å². The molecule has 6 rings (SSSR count). The first-order chi connectivity index (χ1) is 18.6. The second-order valence-corrected chi connectivity index (χ2v) is 13.4. The van der Waals surface area contributed by atoms with Gasteiger partial charge in [0.25, 0.3) is 0 Å². The zero-order valence-electron chi connectivity index (χ0n) is 23.3. The summed E-state index contributed by atoms with van der Waals surface area (Å²) in [6.45, 7) is 4.25. The van der Waals surface area contributed by atoms with Crippen LogP contribution >= 0.6 is 0 Å². The van der Waals surface area contributed by atoms with Gasteiger partial charge in [-0.15, -0.1) is 0 Å². The van der Waals surface area contributed by atoms with Gasteiger partial charge < -0.3 is 39.1 Å². The van der Waals surface area contributed by atoms with Crippen LogP contribution < -0.4 is 0 Å². The second-order valence-electron chi connectivity index (χ2n) is 13.4. The van der Waals surface area contributed by atoms with E-state index in [0.29, 0.717) is 32.3 Å². The van der Waals surface area contributed by atoms with Gasteiger partial charge in [-0.1, -0.05) is 6.92 Å². The number of aldehydes is 1. The molecule has 5 fully saturated rings. The third-order valence-corrected chi connectivity index (χ3v) is 12.1. The first kappa shape index (κ1) is 27.8. The van der Waals surface area contributed by atoms with Crippen molar-refractivity contribution in [2.24, 2.45) is 34.5 Å². The van der Waals surface area contributed by atoms with Crippen LogP contribution in [0.1, 0.15) is 71.6 Å². The summed E-state index contributed by atoms with van der Waals surface area (Å²) in [6, 6.07) is 0. The summed E-state index contributed by atoms with van der Waals surface area (Å²) in [7, 11) is 1.46. The van der Waals surface area contributed by atoms with E-state index in [0.717, 1.165) is 37.7 Å². The molecule has 6 aliphatic rings. The maximum Gasteiger partial charge on any atom is 0.331 e. The highest BCUT2D eigenvalue weighted by Crippen LogP contribution is 2.69. The van der Waals surface area contributed by atoms with Crippen molar-refractivity contribution in [3.05, 3.63) is 11.6 Å². The van der Waals surface area contributed by atoms with Crippen LogP contribution in [0.15, 0.2) is 11.6 Å². The Balaban J connectivity index is 1.18. The summed E-state index contributed by atoms with van der Waals surface area (Å²) in [5.74, 6) is 0.152. The van der Waals surface area contributed by atoms with Gasteiger partial charge in [0, 0.05) is 24.0 Å². The number of ether oxygens (including phenoxy) is 4. The van der Waals surface area contributed by atoms with Crippen molar-refractivity contribution in [3.63, 3.8) is 0 Å². The van der Waals surface area contributed by atoms with E-state index in [2.05, 4.69) is 6.92 Å². The standard InChI is InChI=1S/C30H44O9/c1-16-24(33)26(36-3)25(34)27(38-16)39-19-6-10-29(15-31)18(13-19)4-5-22-21(29)7-9-28(2)20(8-11-30(22,28)35)17-12-23(32)37-14-17/h12,15-16,18-22,24-27,33-35H,4-11,13-14H2,1-3H3/t16-,18-,19-,20-,21+,22-,24+,25+,26+,27+,28-,29-,30-/m1/s1. The van der Waals surface area contributed by atoms with Crippen LogP contribution in [0.5, 0.6) is 0 Å². The van der Waals surface area contributed by atoms with E-state index in [1.807, 2.05) is 0 Å². The van der Waals surface area contributed by atoms with Crippen LogP contribution in [0.2, 0.25) is 0 Å². The molecule has 4 saturated carbocycles. The molecule has 39 heavy (non-hydrogen) atoms. The predicted octanol–water partition coefficient (Wildman–Crippen LogP) is 2.29. The number of fused-ring (bicyclic) bond motifs is 5. The molecule has 4 aliphatic carbocycles. The Morgan fingerprint density at radius 3 is 2.54 bits per heavy atom. The molecular formula is C30H44O9. The van der Waals surface area contributed by atoms with Crippen molar-refractivity contribution in [2.45, 2.75) is 114 Å². The molecule has 0 radical (unpaired) electrons. The predicted molar refractivity (Wildman–Crippen MR) is 138 cm³/mol. The Labute approximate surface area is 230 Å². The molecule has 0 aromatic heterocycles. The number of hydrogen-bond acceptors (Lipinski definition) is 9. The second kappa shape index (κ2) is 9.88. The minimum Gasteiger partial charge on any atom is -0.458 e. The normalized spacial score (nSPS) is 53.3. The monoisotopic (exact) mass is 548 g/mol. The summed E-state index contributed by atoms with van der Waals surface area (Å²) < 4.78 is 22.6. The van der Waals surface area contributed by atoms with Crippen molar-refractivity contribution in [3.8, 4) is 0 Å². The molecule has 0 bridgehead atoms. The van der Waals surface area contributed by atoms with Gasteiger partial charge in [0.2, 0.25) is 0 Å². The van der Waals surface area contributed by atoms with Crippen LogP contribution in [0.25, 0.3) is 0 Å². The Morgan fingerprint density at radius 1 is 1.05 bits per heavy atom. The van der Waals surface area contributed by atoms with Crippen LogP contribution in [0.3, 0.4) is 0 Å². The fourth-order valence-electron chi connectivity index (χ4n) is 10.00. The van der Waals surface area contributed by atoms with Crippen molar-refractivity contribution in [2.75, 3.05) is 13.7 Å². The van der Waals surface area contributed by atoms with E-state index in [-0.39, 0.29) is 41.2 Å². The Hall–Kier alpha value is -1.36. The van der Waals surface area contributed by atoms with E-state index in [9.17, 15) is 24.9 Å². The van der Waals surface area contributed by atoms with Crippen LogP contribution in [-0.4, -0.2) is 83.7 Å². The molecule has 3 N–H and O–H groups in total. The van der Waals surface area contributed by atoms with Crippen LogP contribution in [0.4, 0.5) is 0 Å². The molecule has 0 aromatic rings. The van der Waals surface area contributed by atoms with Gasteiger partial charge in [-0.3, -0.25) is 0 Å². The molecule has 0 aromatic carbocycles. The molecule has 0 amide bonds. The summed E-state index contributed by atoms with van der Waals surface area (Å²) in [5.41, 5.74) is -0.682. The van der Waals surface area contributed by atoms with Gasteiger partial charge in [0.05, 0.1) is 17.8 Å². The molecule has 13 atom stereocenters. The van der Waals surface area contributed by atoms with Crippen LogP contribution in [-0.2, 0) is 28.5 Å². The van der Waals surface area contributed by atoms with Gasteiger partial charge in [0.15, 0.2) is 6.29 Å². The maximum atomic E-state index is 13.0. The molecular weight excluding hydrogens is 504 g/mol. The molecule has 2 aliphatic heterocycles. The van der Waals surface area contributed by atoms with E-state index >= 15 is 0 Å². The van der Waals surface area contributed by atoms with Gasteiger partial charge in [-0.25, -0.2) is 4.79 Å². The lowest BCUT2D eigenvalue weighted by molar-refractivity contribution is -0.312. The van der Waals surface area contributed by atoms with Crippen molar-refractivity contribution in [1.29, 1.82) is 0 Å². The van der Waals surface area contributed by atoms with E-state index in [1.165, 1.54) is 13.4 Å². The minimum absolute atomic E-state index is 0.0482. The quantitative estimate of drug-likeness (QED) is 0.269. The number of methoxy groups -OCH3 is 1. The van der Waals surface area contributed by atoms with E-state index in [1.54, 1.807) is 13.0 Å². The maximum absolute atomic E-state index is 13.0. The average Bonchev–Trinajstić information content (AvgIpc) is 3.47. The molecule has 2 heterocycles. The number of aliphatic hydroxyl groups excluding tert-OH is 2. The van der Waals surface area contributed by atoms with Crippen LogP contribution in [0, 0.1) is 34.5 Å². The first-order valence-corrected chi connectivity index (χ1v) is 14.8. The molecule has 1 saturated heterocycles. The SMILES string of the molecule is CO[C@@H]1[C@H](O)[C@H](O[C@@H]2CC[C@@]3(C=O)[C@H](CC[C@@H]4[C@@H]3CC[C@]3(C)[C@@H](C5=CC(=O)OC5)CC[C@@]43O)C2)O[C@H](C)[C@@H]1O. The fraction of sp³-hybridized carbons (Fsp3) is 0.867. The first-order valence-electron chi connectivity index (χ1n) is 14.8. The Bertz CT molecular complexity index is 1010. The number of aliphatic hydroxyl groups is 3. The fourth-order valence-corrected chi connectivity index (χ4v) is 10.00. The van der Waals surface area contributed by atoms with Gasteiger partial charge in [0.1, 0.15) is 31.2 Å². The van der Waals surface area contributed by atoms with Gasteiger partial charge in [-0.2, -0.15) is 0 Å². The topological polar surface area (TPSA) is 132 Å². The lowest BCUT2D eigenvalue weighted by atomic mass is 9.43. The molecule has 9 nitrogen and oxygen atoms in total. The third kappa shape index (κ3) is 4.02. The number of hydrogen-bond donors (Lipinski definition) is 3. The summed E-state index contributed by atoms with van der Waals surface area (Å²) in [6.07, 6.45) is 5.39. The highest BCUT2D eigenvalue weighted by atomic mass is 16.7. The number of rotatable bonds is 5. The zero-order chi connectivity index (χ0) is 27.7. The highest BCUT2D eigenvalue weighted by molar-refractivity contribution is 5.85. The highest BCUT2D eigenvalue weighted by Gasteiger charge is 2.68. The summed E-state index contributed by atoms with van der Waals surface area (Å²) in [4.78, 5) is 24.8. The van der Waals surface area contributed by atoms with E-state index in [4.69, 9.17) is 18.9 Å². The van der Waals surface area contributed by atoms with Gasteiger partial charge >= 0.3 is 5.97 Å². The Kier molecular flexibility index (Phi) is 7.04. The van der Waals surface area contributed by atoms with Crippen molar-refractivity contribution < 1.29 is 43.9 Å². The lowest BCUT2D eigenvalue weighted by Gasteiger charge is -2.63. The number of carbonyl (C=O) groups excluding carboxylic acids is 2. The van der Waals surface area contributed by atoms with Crippen molar-refractivity contribution >= 4 is 12.3 Å². The number of carbonyl (C=O) groups is 2. The smallest absolute Gasteiger partial charge is 0.331 e. The number of cyclic esters (lactones) is 1. The van der Waals surface area contributed by atoms with E-state index < -0.39 is 41.7 Å². The molecule has 9 heteroatoms. The third-order valence-electron chi connectivity index (χ3n) is 12.1. The molecule has 218 valence electrons. The molecule has 0 spiro atoms. The summed E-state index contributed by atoms with van der Waals surface area (Å²) in [5, 5.41) is 33.4. The lowest BCUT2D eigenvalue weighted by Crippen LogP contribution is -2.63. The molecule has 0 unspecified atom stereocenters.